The van der Waals surface area contributed by atoms with E-state index in [0.29, 0.717) is 19.4 Å². The highest BCUT2D eigenvalue weighted by atomic mass is 16.5. The van der Waals surface area contributed by atoms with E-state index >= 15 is 0 Å². The van der Waals surface area contributed by atoms with Gasteiger partial charge in [-0.1, -0.05) is 6.92 Å². The fraction of sp³-hybridized carbons (Fsp3) is 0.467. The average Bonchev–Trinajstić information content (AvgIpc) is 2.44. The number of benzene rings is 1. The Morgan fingerprint density at radius 1 is 1.39 bits per heavy atom. The van der Waals surface area contributed by atoms with Crippen molar-refractivity contribution in [3.8, 4) is 5.75 Å². The molecule has 0 fully saturated rings. The summed E-state index contributed by atoms with van der Waals surface area (Å²) in [6.07, 6.45) is 1.95. The van der Waals surface area contributed by atoms with E-state index in [1.54, 1.807) is 0 Å². The van der Waals surface area contributed by atoms with Crippen molar-refractivity contribution in [2.24, 2.45) is 4.99 Å². The van der Waals surface area contributed by atoms with Crippen LogP contribution in [0.5, 0.6) is 5.75 Å². The number of nitrogens with zero attached hydrogens (tertiary/aromatic N) is 1. The van der Waals surface area contributed by atoms with Gasteiger partial charge in [-0.25, -0.2) is 0 Å². The van der Waals surface area contributed by atoms with Gasteiger partial charge in [0.1, 0.15) is 11.5 Å². The molecule has 0 bridgehead atoms. The first-order valence-corrected chi connectivity index (χ1v) is 6.22. The molecule has 0 N–H and O–H groups in total. The third-order valence-electron chi connectivity index (χ3n) is 2.77. The monoisotopic (exact) mass is 248 g/mol. The highest BCUT2D eigenvalue weighted by Gasteiger charge is 2.00. The Hall–Kier alpha value is -1.64. The molecule has 0 saturated carbocycles. The number of hydrogen-bond acceptors (Lipinski definition) is 3. The fourth-order valence-electron chi connectivity index (χ4n) is 1.52. The van der Waals surface area contributed by atoms with Crippen LogP contribution in [-0.2, 0) is 4.79 Å². The topological polar surface area (TPSA) is 38.7 Å². The van der Waals surface area contributed by atoms with Crippen molar-refractivity contribution < 1.29 is 10.9 Å². The van der Waals surface area contributed by atoms with Crippen LogP contribution < -0.4 is 4.74 Å². The number of ketones is 1. The maximum absolute atomic E-state index is 11.1. The zero-order chi connectivity index (χ0) is 14.1. The summed E-state index contributed by atoms with van der Waals surface area (Å²) in [5.41, 5.74) is 1.86. The van der Waals surface area contributed by atoms with Crippen molar-refractivity contribution in [1.29, 1.82) is 0 Å². The number of carbonyl (C=O) groups excluding carboxylic acids is 1. The summed E-state index contributed by atoms with van der Waals surface area (Å²) in [6, 6.07) is 7.64. The van der Waals surface area contributed by atoms with E-state index in [1.165, 1.54) is 0 Å². The van der Waals surface area contributed by atoms with Gasteiger partial charge in [-0.3, -0.25) is 9.79 Å². The molecular formula is C15H21NO2. The highest BCUT2D eigenvalue weighted by molar-refractivity contribution is 5.98. The van der Waals surface area contributed by atoms with Crippen LogP contribution in [0, 0.1) is 0 Å². The summed E-state index contributed by atoms with van der Waals surface area (Å²) in [4.78, 5) is 15.2. The summed E-state index contributed by atoms with van der Waals surface area (Å²) in [6.45, 7) is 4.33. The van der Waals surface area contributed by atoms with E-state index in [4.69, 9.17) is 6.11 Å². The molecule has 98 valence electrons. The highest BCUT2D eigenvalue weighted by Crippen LogP contribution is 2.13. The second-order valence-electron chi connectivity index (χ2n) is 4.11. The summed E-state index contributed by atoms with van der Waals surface area (Å²) < 4.78 is 12.6. The molecule has 0 aliphatic rings. The van der Waals surface area contributed by atoms with Gasteiger partial charge in [-0.2, -0.15) is 0 Å². The lowest BCUT2D eigenvalue weighted by atomic mass is 10.1. The van der Waals surface area contributed by atoms with E-state index in [-0.39, 0.29) is 12.8 Å². The Kier molecular flexibility index (Phi) is 5.44. The van der Waals surface area contributed by atoms with Gasteiger partial charge in [0.2, 0.25) is 0 Å². The molecule has 0 radical (unpaired) electrons. The first-order valence-electron chi connectivity index (χ1n) is 6.93. The second-order valence-corrected chi connectivity index (χ2v) is 4.11. The Morgan fingerprint density at radius 2 is 2.11 bits per heavy atom. The van der Waals surface area contributed by atoms with E-state index in [2.05, 4.69) is 4.99 Å². The third-order valence-corrected chi connectivity index (χ3v) is 2.77. The van der Waals surface area contributed by atoms with E-state index in [9.17, 15) is 4.79 Å². The van der Waals surface area contributed by atoms with E-state index in [1.807, 2.05) is 38.1 Å². The third kappa shape index (κ3) is 4.70. The predicted molar refractivity (Wildman–Crippen MR) is 74.6 cm³/mol. The number of aliphatic imine (C=N–C) groups is 1. The normalized spacial score (nSPS) is 12.1. The van der Waals surface area contributed by atoms with Crippen LogP contribution in [0.15, 0.2) is 29.3 Å². The van der Waals surface area contributed by atoms with Crippen LogP contribution in [0.1, 0.15) is 40.0 Å². The zero-order valence-electron chi connectivity index (χ0n) is 12.1. The molecule has 0 atom stereocenters. The second kappa shape index (κ2) is 7.64. The van der Waals surface area contributed by atoms with Gasteiger partial charge in [0.15, 0.2) is 0 Å². The maximum Gasteiger partial charge on any atom is 0.132 e. The summed E-state index contributed by atoms with van der Waals surface area (Å²) in [7, 11) is 0.0511. The van der Waals surface area contributed by atoms with E-state index < -0.39 is 0 Å². The maximum atomic E-state index is 11.1. The average molecular weight is 248 g/mol. The number of Topliss-reactive ketones (excluding diaryl/α,β-unsaturated/α-hetero) is 1. The van der Waals surface area contributed by atoms with Gasteiger partial charge in [0.25, 0.3) is 0 Å². The zero-order valence-corrected chi connectivity index (χ0v) is 11.1. The standard InChI is InChI=1S/C15H21NO2/c1-4-14(17)6-5-11-18-15-9-7-13(8-10-15)12(2)16-3/h7-10H,4-6,11H2,1-3H3/i3D. The van der Waals surface area contributed by atoms with Gasteiger partial charge in [0, 0.05) is 26.9 Å². The smallest absolute Gasteiger partial charge is 0.132 e. The van der Waals surface area contributed by atoms with Crippen molar-refractivity contribution >= 4 is 11.5 Å². The van der Waals surface area contributed by atoms with Crippen LogP contribution in [0.2, 0.25) is 0 Å². The predicted octanol–water partition coefficient (Wildman–Crippen LogP) is 3.26. The lowest BCUT2D eigenvalue weighted by molar-refractivity contribution is -0.118. The lowest BCUT2D eigenvalue weighted by Crippen LogP contribution is -2.02. The lowest BCUT2D eigenvalue weighted by Gasteiger charge is -2.06. The first kappa shape index (κ1) is 12.8. The number of carbonyl (C=O) groups is 1. The molecule has 3 nitrogen and oxygen atoms in total. The van der Waals surface area contributed by atoms with Crippen LogP contribution in [0.4, 0.5) is 0 Å². The summed E-state index contributed by atoms with van der Waals surface area (Å²) >= 11 is 0. The molecule has 18 heavy (non-hydrogen) atoms. The van der Waals surface area contributed by atoms with Crippen LogP contribution in [0.3, 0.4) is 0 Å². The molecule has 1 aromatic carbocycles. The Labute approximate surface area is 110 Å². The number of hydrogen-bond donors (Lipinski definition) is 0. The van der Waals surface area contributed by atoms with Gasteiger partial charge >= 0.3 is 0 Å². The Bertz CT molecular complexity index is 426. The molecule has 0 amide bonds. The molecule has 0 aliphatic heterocycles. The molecule has 0 spiro atoms. The van der Waals surface area contributed by atoms with Crippen LogP contribution in [-0.4, -0.2) is 25.1 Å². The molecule has 0 aliphatic carbocycles. The minimum absolute atomic E-state index is 0.0511. The largest absolute Gasteiger partial charge is 0.494 e. The van der Waals surface area contributed by atoms with Crippen molar-refractivity contribution in [1.82, 2.24) is 0 Å². The summed E-state index contributed by atoms with van der Waals surface area (Å²) in [5.74, 6) is 1.08. The Balaban J connectivity index is 2.40. The summed E-state index contributed by atoms with van der Waals surface area (Å²) in [5, 5.41) is 0. The molecule has 0 aromatic heterocycles. The first-order chi connectivity index (χ1) is 9.17. The molecule has 0 saturated heterocycles. The van der Waals surface area contributed by atoms with Crippen LogP contribution in [0.25, 0.3) is 0 Å². The molecule has 0 unspecified atom stereocenters. The molecule has 0 heterocycles. The molecule has 3 heteroatoms. The molecule has 1 rings (SSSR count). The quantitative estimate of drug-likeness (QED) is 0.548. The Morgan fingerprint density at radius 3 is 2.72 bits per heavy atom. The number of ether oxygens (including phenoxy) is 1. The van der Waals surface area contributed by atoms with Crippen molar-refractivity contribution in [3.05, 3.63) is 29.8 Å². The van der Waals surface area contributed by atoms with Crippen molar-refractivity contribution in [2.75, 3.05) is 13.6 Å². The minimum atomic E-state index is 0.0511. The SMILES string of the molecule is [2H]CN=C(C)c1ccc(OCCCC(=O)CC)cc1. The molecule has 1 aromatic rings. The molecular weight excluding hydrogens is 226 g/mol. The fourth-order valence-corrected chi connectivity index (χ4v) is 1.52. The minimum Gasteiger partial charge on any atom is -0.494 e. The van der Waals surface area contributed by atoms with Gasteiger partial charge in [-0.05, 0) is 43.2 Å². The van der Waals surface area contributed by atoms with Gasteiger partial charge in [-0.15, -0.1) is 0 Å². The van der Waals surface area contributed by atoms with Crippen LogP contribution >= 0.6 is 0 Å². The van der Waals surface area contributed by atoms with Crippen molar-refractivity contribution in [3.63, 3.8) is 0 Å². The van der Waals surface area contributed by atoms with Crippen molar-refractivity contribution in [2.45, 2.75) is 33.1 Å². The van der Waals surface area contributed by atoms with Gasteiger partial charge < -0.3 is 4.74 Å². The van der Waals surface area contributed by atoms with Gasteiger partial charge in [0.05, 0.1) is 6.61 Å². The van der Waals surface area contributed by atoms with E-state index in [0.717, 1.165) is 23.4 Å². The number of rotatable bonds is 7.